The van der Waals surface area contributed by atoms with Gasteiger partial charge in [-0.3, -0.25) is 4.79 Å². The normalized spacial score (nSPS) is 11.9. The summed E-state index contributed by atoms with van der Waals surface area (Å²) in [5.41, 5.74) is 0.739. The van der Waals surface area contributed by atoms with E-state index in [2.05, 4.69) is 27.3 Å². The van der Waals surface area contributed by atoms with Crippen LogP contribution in [0.1, 0.15) is 13.3 Å². The lowest BCUT2D eigenvalue weighted by Crippen LogP contribution is -2.32. The van der Waals surface area contributed by atoms with Crippen LogP contribution in [0, 0.1) is 0 Å². The van der Waals surface area contributed by atoms with Crippen molar-refractivity contribution in [3.63, 3.8) is 0 Å². The van der Waals surface area contributed by atoms with Crippen molar-refractivity contribution in [3.8, 4) is 5.75 Å². The molecule has 0 fully saturated rings. The van der Waals surface area contributed by atoms with Crippen molar-refractivity contribution < 1.29 is 9.53 Å². The lowest BCUT2D eigenvalue weighted by molar-refractivity contribution is -0.122. The molecule has 24 heavy (non-hydrogen) atoms. The Morgan fingerprint density at radius 3 is 2.50 bits per heavy atom. The number of carbonyl (C=O) groups is 1. The van der Waals surface area contributed by atoms with Crippen LogP contribution < -0.4 is 10.1 Å². The second kappa shape index (κ2) is 7.49. The summed E-state index contributed by atoms with van der Waals surface area (Å²) in [5, 5.41) is 5.15. The van der Waals surface area contributed by atoms with Crippen LogP contribution in [0.2, 0.25) is 0 Å². The summed E-state index contributed by atoms with van der Waals surface area (Å²) in [6.45, 7) is 1.94. The molecular weight excluding hydrogens is 366 g/mol. The van der Waals surface area contributed by atoms with E-state index in [9.17, 15) is 4.79 Å². The fourth-order valence-electron chi connectivity index (χ4n) is 2.50. The summed E-state index contributed by atoms with van der Waals surface area (Å²) in [6.07, 6.45) is 0.0432. The maximum Gasteiger partial charge on any atom is 0.265 e. The third kappa shape index (κ3) is 3.77. The minimum Gasteiger partial charge on any atom is -0.481 e. The molecule has 0 unspecified atom stereocenters. The summed E-state index contributed by atoms with van der Waals surface area (Å²) < 4.78 is 6.76. The highest BCUT2D eigenvalue weighted by Gasteiger charge is 2.19. The largest absolute Gasteiger partial charge is 0.481 e. The van der Waals surface area contributed by atoms with E-state index in [1.165, 1.54) is 0 Å². The molecule has 0 heterocycles. The minimum absolute atomic E-state index is 0.155. The van der Waals surface area contributed by atoms with E-state index in [0.29, 0.717) is 12.2 Å². The van der Waals surface area contributed by atoms with Gasteiger partial charge in [-0.25, -0.2) is 0 Å². The third-order valence-corrected chi connectivity index (χ3v) is 4.49. The number of fused-ring (bicyclic) bond motifs is 1. The number of anilines is 1. The van der Waals surface area contributed by atoms with Gasteiger partial charge in [-0.05, 0) is 57.4 Å². The quantitative estimate of drug-likeness (QED) is 0.640. The molecule has 0 aliphatic rings. The predicted octanol–water partition coefficient (Wildman–Crippen LogP) is 5.40. The van der Waals surface area contributed by atoms with E-state index < -0.39 is 6.10 Å². The van der Waals surface area contributed by atoms with Crippen LogP contribution in [0.3, 0.4) is 0 Å². The first-order valence-electron chi connectivity index (χ1n) is 7.88. The van der Waals surface area contributed by atoms with Crippen LogP contribution >= 0.6 is 15.9 Å². The van der Waals surface area contributed by atoms with Crippen molar-refractivity contribution in [2.24, 2.45) is 0 Å². The van der Waals surface area contributed by atoms with Gasteiger partial charge in [0.2, 0.25) is 0 Å². The highest BCUT2D eigenvalue weighted by atomic mass is 79.9. The Hall–Kier alpha value is -2.33. The number of rotatable bonds is 5. The zero-order valence-electron chi connectivity index (χ0n) is 13.3. The molecule has 0 spiro atoms. The molecule has 1 atom stereocenters. The summed E-state index contributed by atoms with van der Waals surface area (Å²) in [6, 6.07) is 21.5. The molecule has 3 aromatic rings. The topological polar surface area (TPSA) is 38.3 Å². The van der Waals surface area contributed by atoms with Gasteiger partial charge in [0, 0.05) is 4.47 Å². The summed E-state index contributed by atoms with van der Waals surface area (Å²) >= 11 is 3.43. The SMILES string of the molecule is CC[C@H](Oc1ccc2ccccc2c1)C(=O)Nc1ccccc1Br. The Balaban J connectivity index is 1.75. The van der Waals surface area contributed by atoms with E-state index in [1.807, 2.05) is 67.6 Å². The van der Waals surface area contributed by atoms with Crippen molar-refractivity contribution in [3.05, 3.63) is 71.2 Å². The molecule has 1 N–H and O–H groups in total. The van der Waals surface area contributed by atoms with Crippen LogP contribution in [0.4, 0.5) is 5.69 Å². The van der Waals surface area contributed by atoms with Gasteiger partial charge in [-0.2, -0.15) is 0 Å². The lowest BCUT2D eigenvalue weighted by atomic mass is 10.1. The molecule has 3 nitrogen and oxygen atoms in total. The van der Waals surface area contributed by atoms with Crippen LogP contribution in [-0.2, 0) is 4.79 Å². The number of hydrogen-bond acceptors (Lipinski definition) is 2. The predicted molar refractivity (Wildman–Crippen MR) is 101 cm³/mol. The van der Waals surface area contributed by atoms with E-state index in [4.69, 9.17) is 4.74 Å². The summed E-state index contributed by atoms with van der Waals surface area (Å²) in [5.74, 6) is 0.542. The molecule has 0 bridgehead atoms. The Morgan fingerprint density at radius 1 is 1.04 bits per heavy atom. The van der Waals surface area contributed by atoms with E-state index >= 15 is 0 Å². The van der Waals surface area contributed by atoms with Crippen LogP contribution in [0.15, 0.2) is 71.2 Å². The van der Waals surface area contributed by atoms with Gasteiger partial charge in [0.05, 0.1) is 5.69 Å². The van der Waals surface area contributed by atoms with Crippen LogP contribution in [-0.4, -0.2) is 12.0 Å². The minimum atomic E-state index is -0.543. The Kier molecular flexibility index (Phi) is 5.16. The molecule has 4 heteroatoms. The maximum absolute atomic E-state index is 12.5. The Morgan fingerprint density at radius 2 is 1.75 bits per heavy atom. The molecule has 0 aliphatic carbocycles. The first-order valence-corrected chi connectivity index (χ1v) is 8.67. The highest BCUT2D eigenvalue weighted by Crippen LogP contribution is 2.24. The van der Waals surface area contributed by atoms with Gasteiger partial charge >= 0.3 is 0 Å². The molecule has 0 aliphatic heterocycles. The van der Waals surface area contributed by atoms with E-state index in [1.54, 1.807) is 0 Å². The van der Waals surface area contributed by atoms with Gasteiger partial charge in [0.25, 0.3) is 5.91 Å². The molecule has 122 valence electrons. The Labute approximate surface area is 149 Å². The Bertz CT molecular complexity index is 863. The second-order valence-corrected chi connectivity index (χ2v) is 6.35. The van der Waals surface area contributed by atoms with Crippen molar-refractivity contribution in [2.45, 2.75) is 19.4 Å². The first kappa shape index (κ1) is 16.5. The molecule has 3 aromatic carbocycles. The average molecular weight is 384 g/mol. The fraction of sp³-hybridized carbons (Fsp3) is 0.150. The third-order valence-electron chi connectivity index (χ3n) is 3.79. The van der Waals surface area contributed by atoms with E-state index in [0.717, 1.165) is 20.9 Å². The molecular formula is C20H18BrNO2. The molecule has 1 amide bonds. The number of amides is 1. The van der Waals surface area contributed by atoms with Gasteiger partial charge in [-0.15, -0.1) is 0 Å². The number of para-hydroxylation sites is 1. The van der Waals surface area contributed by atoms with E-state index in [-0.39, 0.29) is 5.91 Å². The first-order chi connectivity index (χ1) is 11.7. The summed E-state index contributed by atoms with van der Waals surface area (Å²) in [7, 11) is 0. The number of halogens is 1. The number of carbonyl (C=O) groups excluding carboxylic acids is 1. The van der Waals surface area contributed by atoms with Gasteiger partial charge < -0.3 is 10.1 Å². The van der Waals surface area contributed by atoms with Crippen molar-refractivity contribution in [2.75, 3.05) is 5.32 Å². The molecule has 0 aromatic heterocycles. The molecule has 3 rings (SSSR count). The standard InChI is InChI=1S/C20H18BrNO2/c1-2-19(20(23)22-18-10-6-5-9-17(18)21)24-16-12-11-14-7-3-4-8-15(14)13-16/h3-13,19H,2H2,1H3,(H,22,23)/t19-/m0/s1. The van der Waals surface area contributed by atoms with Crippen LogP contribution in [0.5, 0.6) is 5.75 Å². The fourth-order valence-corrected chi connectivity index (χ4v) is 2.89. The number of ether oxygens (including phenoxy) is 1. The van der Waals surface area contributed by atoms with Crippen LogP contribution in [0.25, 0.3) is 10.8 Å². The maximum atomic E-state index is 12.5. The highest BCUT2D eigenvalue weighted by molar-refractivity contribution is 9.10. The van der Waals surface area contributed by atoms with Crippen molar-refractivity contribution >= 4 is 38.3 Å². The zero-order valence-corrected chi connectivity index (χ0v) is 14.9. The summed E-state index contributed by atoms with van der Waals surface area (Å²) in [4.78, 5) is 12.5. The lowest BCUT2D eigenvalue weighted by Gasteiger charge is -2.18. The molecule has 0 saturated carbocycles. The van der Waals surface area contributed by atoms with Gasteiger partial charge in [-0.1, -0.05) is 49.4 Å². The van der Waals surface area contributed by atoms with Crippen molar-refractivity contribution in [1.29, 1.82) is 0 Å². The number of hydrogen-bond donors (Lipinski definition) is 1. The zero-order chi connectivity index (χ0) is 16.9. The van der Waals surface area contributed by atoms with Crippen molar-refractivity contribution in [1.82, 2.24) is 0 Å². The number of benzene rings is 3. The smallest absolute Gasteiger partial charge is 0.265 e. The number of nitrogens with one attached hydrogen (secondary N) is 1. The van der Waals surface area contributed by atoms with Gasteiger partial charge in [0.1, 0.15) is 5.75 Å². The van der Waals surface area contributed by atoms with Gasteiger partial charge in [0.15, 0.2) is 6.10 Å². The second-order valence-electron chi connectivity index (χ2n) is 5.49. The monoisotopic (exact) mass is 383 g/mol. The molecule has 0 radical (unpaired) electrons. The molecule has 0 saturated heterocycles. The average Bonchev–Trinajstić information content (AvgIpc) is 2.61.